The second-order valence-corrected chi connectivity index (χ2v) is 11.3. The van der Waals surface area contributed by atoms with Gasteiger partial charge in [-0.2, -0.15) is 0 Å². The molecule has 1 fully saturated rings. The van der Waals surface area contributed by atoms with Crippen LogP contribution < -0.4 is 9.64 Å². The number of aliphatic imine (C=N–C) groups is 1. The fourth-order valence-corrected chi connectivity index (χ4v) is 6.58. The molecule has 0 radical (unpaired) electrons. The Bertz CT molecular complexity index is 1700. The third-order valence-electron chi connectivity index (χ3n) is 7.45. The molecule has 0 unspecified atom stereocenters. The van der Waals surface area contributed by atoms with E-state index in [4.69, 9.17) is 9.73 Å². The minimum atomic E-state index is -1.13. The number of hydrogen-bond donors (Lipinski definition) is 0. The molecule has 12 heteroatoms. The third kappa shape index (κ3) is 5.87. The molecule has 1 saturated heterocycles. The van der Waals surface area contributed by atoms with Crippen LogP contribution in [0.2, 0.25) is 0 Å². The van der Waals surface area contributed by atoms with Crippen molar-refractivity contribution in [2.24, 2.45) is 10.9 Å². The summed E-state index contributed by atoms with van der Waals surface area (Å²) in [6.45, 7) is 0.612. The van der Waals surface area contributed by atoms with Gasteiger partial charge in [0.1, 0.15) is 17.1 Å². The molecule has 2 atom stereocenters. The number of hydrogen-bond acceptors (Lipinski definition) is 9. The van der Waals surface area contributed by atoms with Crippen LogP contribution in [0.5, 0.6) is 5.88 Å². The Labute approximate surface area is 249 Å². The summed E-state index contributed by atoms with van der Waals surface area (Å²) in [7, 11) is 1.43. The molecule has 0 N–H and O–H groups in total. The molecular weight excluding hydrogens is 577 g/mol. The summed E-state index contributed by atoms with van der Waals surface area (Å²) in [5, 5.41) is 0.576. The zero-order valence-corrected chi connectivity index (χ0v) is 23.8. The van der Waals surface area contributed by atoms with E-state index in [-0.39, 0.29) is 47.8 Å². The fourth-order valence-electron chi connectivity index (χ4n) is 5.34. The number of halogens is 3. The monoisotopic (exact) mass is 602 g/mol. The highest BCUT2D eigenvalue weighted by molar-refractivity contribution is 8.14. The highest BCUT2D eigenvalue weighted by Crippen LogP contribution is 2.48. The molecule has 6 rings (SSSR count). The lowest BCUT2D eigenvalue weighted by molar-refractivity contribution is 0.100. The number of carbonyl (C=O) groups excluding carboxylic acids is 1. The second-order valence-electron chi connectivity index (χ2n) is 10.2. The van der Waals surface area contributed by atoms with E-state index < -0.39 is 23.0 Å². The van der Waals surface area contributed by atoms with E-state index in [0.29, 0.717) is 28.5 Å². The maximum Gasteiger partial charge on any atom is 0.232 e. The molecular formula is C31H25F3N6O2S. The third-order valence-corrected chi connectivity index (χ3v) is 8.59. The lowest BCUT2D eigenvalue weighted by Gasteiger charge is -2.36. The van der Waals surface area contributed by atoms with E-state index >= 15 is 8.78 Å². The van der Waals surface area contributed by atoms with Crippen LogP contribution in [0.4, 0.5) is 19.1 Å². The van der Waals surface area contributed by atoms with Crippen molar-refractivity contribution in [3.05, 3.63) is 107 Å². The van der Waals surface area contributed by atoms with Gasteiger partial charge in [-0.25, -0.2) is 33.1 Å². The number of benzene rings is 2. The number of anilines is 1. The topological polar surface area (TPSA) is 93.5 Å². The van der Waals surface area contributed by atoms with Crippen LogP contribution >= 0.6 is 11.8 Å². The molecule has 2 aliphatic heterocycles. The van der Waals surface area contributed by atoms with Gasteiger partial charge in [-0.05, 0) is 23.8 Å². The summed E-state index contributed by atoms with van der Waals surface area (Å²) < 4.78 is 49.5. The van der Waals surface area contributed by atoms with Crippen LogP contribution in [-0.4, -0.2) is 56.7 Å². The van der Waals surface area contributed by atoms with E-state index in [1.165, 1.54) is 49.5 Å². The smallest absolute Gasteiger partial charge is 0.232 e. The van der Waals surface area contributed by atoms with Crippen LogP contribution in [0, 0.1) is 17.6 Å². The van der Waals surface area contributed by atoms with Crippen molar-refractivity contribution in [3.8, 4) is 5.88 Å². The number of nitrogens with zero attached hydrogens (tertiary/aromatic N) is 6. The number of aromatic nitrogens is 4. The summed E-state index contributed by atoms with van der Waals surface area (Å²) in [6.07, 6.45) is 6.02. The fraction of sp³-hybridized carbons (Fsp3) is 0.226. The molecule has 0 amide bonds. The molecule has 0 spiro atoms. The largest absolute Gasteiger partial charge is 0.480 e. The predicted octanol–water partition coefficient (Wildman–Crippen LogP) is 5.77. The standard InChI is InChI=1S/C31H25F3N6O2S/c1-42-28-15-35-26(14-36-28)25(34)10-19-7-8-24(33)23(9-19)31-18-40(30-37-12-22(32)13-38-30)16-21(31)17-43-29(39-31)11-27(41)20-5-3-2-4-6-20/h2-10,12-15,21H,11,16-18H2,1H3/b25-10-/t21-,31-/m0/s1. The first kappa shape index (κ1) is 28.5. The van der Waals surface area contributed by atoms with E-state index in [0.717, 1.165) is 12.4 Å². The van der Waals surface area contributed by atoms with Crippen LogP contribution in [0.1, 0.15) is 33.6 Å². The van der Waals surface area contributed by atoms with Gasteiger partial charge in [0.15, 0.2) is 17.4 Å². The van der Waals surface area contributed by atoms with Crippen LogP contribution in [0.3, 0.4) is 0 Å². The van der Waals surface area contributed by atoms with Crippen molar-refractivity contribution in [2.75, 3.05) is 30.9 Å². The number of thioether (sulfide) groups is 1. The van der Waals surface area contributed by atoms with E-state index in [1.807, 2.05) is 11.0 Å². The van der Waals surface area contributed by atoms with Gasteiger partial charge in [-0.1, -0.05) is 36.4 Å². The quantitative estimate of drug-likeness (QED) is 0.235. The van der Waals surface area contributed by atoms with Gasteiger partial charge in [0.25, 0.3) is 0 Å². The molecule has 4 aromatic rings. The van der Waals surface area contributed by atoms with Crippen LogP contribution in [-0.2, 0) is 5.54 Å². The number of ketones is 1. The lowest BCUT2D eigenvalue weighted by atomic mass is 9.80. The van der Waals surface area contributed by atoms with E-state index in [1.54, 1.807) is 30.3 Å². The molecule has 218 valence electrons. The first-order chi connectivity index (χ1) is 20.8. The zero-order chi connectivity index (χ0) is 30.0. The van der Waals surface area contributed by atoms with Crippen LogP contribution in [0.15, 0.2) is 78.3 Å². The van der Waals surface area contributed by atoms with E-state index in [2.05, 4.69) is 19.9 Å². The molecule has 4 heterocycles. The van der Waals surface area contributed by atoms with Gasteiger partial charge in [-0.15, -0.1) is 11.8 Å². The van der Waals surface area contributed by atoms with Crippen molar-refractivity contribution in [2.45, 2.75) is 12.0 Å². The van der Waals surface area contributed by atoms with Crippen molar-refractivity contribution in [3.63, 3.8) is 0 Å². The summed E-state index contributed by atoms with van der Waals surface area (Å²) >= 11 is 1.46. The molecule has 2 aromatic carbocycles. The Morgan fingerprint density at radius 3 is 2.58 bits per heavy atom. The first-order valence-electron chi connectivity index (χ1n) is 13.4. The molecule has 43 heavy (non-hydrogen) atoms. The lowest BCUT2D eigenvalue weighted by Crippen LogP contribution is -2.39. The Morgan fingerprint density at radius 2 is 1.86 bits per heavy atom. The highest BCUT2D eigenvalue weighted by atomic mass is 32.2. The Balaban J connectivity index is 1.40. The first-order valence-corrected chi connectivity index (χ1v) is 14.4. The number of fused-ring (bicyclic) bond motifs is 1. The maximum atomic E-state index is 15.8. The summed E-state index contributed by atoms with van der Waals surface area (Å²) in [4.78, 5) is 36.3. The number of methoxy groups -OCH3 is 1. The SMILES string of the molecule is COc1cnc(/C(F)=C/c2ccc(F)c([C@]34CN(c5ncc(F)cn5)C[C@H]3CSC(CC(=O)c3ccccc3)=N4)c2)cn1. The Kier molecular flexibility index (Phi) is 7.94. The minimum Gasteiger partial charge on any atom is -0.480 e. The molecule has 0 saturated carbocycles. The Morgan fingerprint density at radius 1 is 1.07 bits per heavy atom. The summed E-state index contributed by atoms with van der Waals surface area (Å²) in [6, 6.07) is 13.2. The van der Waals surface area contributed by atoms with Crippen molar-refractivity contribution >= 4 is 40.4 Å². The molecule has 0 aliphatic carbocycles. The zero-order valence-electron chi connectivity index (χ0n) is 23.0. The average Bonchev–Trinajstić information content (AvgIpc) is 3.42. The van der Waals surface area contributed by atoms with Gasteiger partial charge in [-0.3, -0.25) is 9.79 Å². The number of ether oxygens (including phenoxy) is 1. The highest BCUT2D eigenvalue weighted by Gasteiger charge is 2.52. The maximum absolute atomic E-state index is 15.8. The van der Waals surface area contributed by atoms with Gasteiger partial charge in [0.05, 0.1) is 49.9 Å². The van der Waals surface area contributed by atoms with Crippen molar-refractivity contribution < 1.29 is 22.7 Å². The van der Waals surface area contributed by atoms with Gasteiger partial charge in [0.2, 0.25) is 11.8 Å². The number of carbonyl (C=O) groups is 1. The van der Waals surface area contributed by atoms with Gasteiger partial charge in [0, 0.05) is 29.3 Å². The molecule has 8 nitrogen and oxygen atoms in total. The number of Topliss-reactive ketones (excluding diaryl/α,β-unsaturated/α-hetero) is 1. The van der Waals surface area contributed by atoms with Crippen molar-refractivity contribution in [1.29, 1.82) is 0 Å². The van der Waals surface area contributed by atoms with E-state index in [9.17, 15) is 9.18 Å². The molecule has 2 aliphatic rings. The van der Waals surface area contributed by atoms with Crippen molar-refractivity contribution in [1.82, 2.24) is 19.9 Å². The van der Waals surface area contributed by atoms with Gasteiger partial charge < -0.3 is 9.64 Å². The second kappa shape index (κ2) is 12.0. The normalized spacial score (nSPS) is 20.0. The molecule has 0 bridgehead atoms. The summed E-state index contributed by atoms with van der Waals surface area (Å²) in [5.41, 5.74) is 0.0858. The van der Waals surface area contributed by atoms with Gasteiger partial charge >= 0.3 is 0 Å². The summed E-state index contributed by atoms with van der Waals surface area (Å²) in [5.74, 6) is -0.962. The number of rotatable bonds is 8. The Hall–Kier alpha value is -4.58. The predicted molar refractivity (Wildman–Crippen MR) is 159 cm³/mol. The minimum absolute atomic E-state index is 0.00277. The van der Waals surface area contributed by atoms with Crippen LogP contribution in [0.25, 0.3) is 11.9 Å². The average molecular weight is 603 g/mol. The molecule has 2 aromatic heterocycles.